The van der Waals surface area contributed by atoms with Crippen molar-refractivity contribution in [2.24, 2.45) is 5.73 Å². The number of fused-ring (bicyclic) bond motifs is 1. The third-order valence-electron chi connectivity index (χ3n) is 5.79. The van der Waals surface area contributed by atoms with Crippen molar-refractivity contribution in [3.8, 4) is 0 Å². The van der Waals surface area contributed by atoms with Crippen molar-refractivity contribution in [2.75, 3.05) is 23.3 Å². The fourth-order valence-electron chi connectivity index (χ4n) is 4.03. The van der Waals surface area contributed by atoms with Crippen molar-refractivity contribution in [3.63, 3.8) is 0 Å². The Bertz CT molecular complexity index is 1170. The molecule has 0 spiro atoms. The van der Waals surface area contributed by atoms with E-state index in [0.717, 1.165) is 29.9 Å². The number of carbonyl (C=O) groups is 2. The lowest BCUT2D eigenvalue weighted by atomic mass is 9.97. The molecule has 3 amide bonds. The molecule has 0 saturated carbocycles. The quantitative estimate of drug-likeness (QED) is 0.469. The van der Waals surface area contributed by atoms with E-state index in [-0.39, 0.29) is 11.9 Å². The molecule has 10 heteroatoms. The Morgan fingerprint density at radius 2 is 1.82 bits per heavy atom. The predicted molar refractivity (Wildman–Crippen MR) is 125 cm³/mol. The number of rotatable bonds is 5. The van der Waals surface area contributed by atoms with E-state index in [4.69, 9.17) is 5.73 Å². The van der Waals surface area contributed by atoms with E-state index in [1.807, 2.05) is 19.1 Å². The van der Waals surface area contributed by atoms with Crippen LogP contribution in [0, 0.1) is 6.92 Å². The second kappa shape index (κ2) is 8.70. The zero-order valence-electron chi connectivity index (χ0n) is 19.0. The van der Waals surface area contributed by atoms with Crippen LogP contribution in [0.1, 0.15) is 48.3 Å². The first-order valence-electron chi connectivity index (χ1n) is 10.9. The third-order valence-corrected chi connectivity index (χ3v) is 5.79. The Labute approximate surface area is 191 Å². The van der Waals surface area contributed by atoms with E-state index in [0.29, 0.717) is 30.1 Å². The number of anilines is 2. The van der Waals surface area contributed by atoms with Gasteiger partial charge in [0.25, 0.3) is 5.91 Å². The summed E-state index contributed by atoms with van der Waals surface area (Å²) in [6, 6.07) is 10.0. The fraction of sp³-hybridized carbons (Fsp3) is 0.391. The van der Waals surface area contributed by atoms with Gasteiger partial charge in [-0.15, -0.1) is 0 Å². The zero-order valence-corrected chi connectivity index (χ0v) is 19.0. The molecule has 4 rings (SSSR count). The smallest absolute Gasteiger partial charge is 0.312 e. The summed E-state index contributed by atoms with van der Waals surface area (Å²) in [4.78, 5) is 30.7. The average Bonchev–Trinajstić information content (AvgIpc) is 3.13. The van der Waals surface area contributed by atoms with E-state index in [1.54, 1.807) is 42.6 Å². The van der Waals surface area contributed by atoms with Gasteiger partial charge in [0.15, 0.2) is 5.65 Å². The first kappa shape index (κ1) is 22.5. The summed E-state index contributed by atoms with van der Waals surface area (Å²) in [5.74, 6) is 0.949. The van der Waals surface area contributed by atoms with Crippen molar-refractivity contribution >= 4 is 29.2 Å². The van der Waals surface area contributed by atoms with Crippen LogP contribution in [0.4, 0.5) is 16.4 Å². The Morgan fingerprint density at radius 3 is 2.42 bits per heavy atom. The highest BCUT2D eigenvalue weighted by atomic mass is 16.3. The van der Waals surface area contributed by atoms with Crippen molar-refractivity contribution in [2.45, 2.75) is 45.3 Å². The summed E-state index contributed by atoms with van der Waals surface area (Å²) in [7, 11) is 0. The Hall–Kier alpha value is -3.66. The van der Waals surface area contributed by atoms with Crippen LogP contribution in [0.25, 0.3) is 5.65 Å². The maximum absolute atomic E-state index is 12.8. The van der Waals surface area contributed by atoms with Crippen molar-refractivity contribution in [1.29, 1.82) is 0 Å². The van der Waals surface area contributed by atoms with E-state index in [2.05, 4.69) is 25.6 Å². The normalized spacial score (nSPS) is 15.0. The molecule has 174 valence electrons. The van der Waals surface area contributed by atoms with E-state index < -0.39 is 11.6 Å². The second-order valence-electron chi connectivity index (χ2n) is 8.92. The molecule has 10 nitrogen and oxygen atoms in total. The number of hydrogen-bond donors (Lipinski definition) is 4. The molecule has 1 fully saturated rings. The largest absolute Gasteiger partial charge is 0.386 e. The molecule has 0 aliphatic carbocycles. The highest BCUT2D eigenvalue weighted by molar-refractivity contribution is 6.04. The number of nitrogens with two attached hydrogens (primary N) is 1. The van der Waals surface area contributed by atoms with Gasteiger partial charge in [-0.1, -0.05) is 12.1 Å². The number of benzene rings is 1. The maximum Gasteiger partial charge on any atom is 0.312 e. The summed E-state index contributed by atoms with van der Waals surface area (Å²) < 4.78 is 1.77. The number of aliphatic hydroxyl groups is 1. The zero-order chi connectivity index (χ0) is 23.8. The van der Waals surface area contributed by atoms with Gasteiger partial charge in [-0.2, -0.15) is 9.61 Å². The van der Waals surface area contributed by atoms with Crippen LogP contribution in [0.2, 0.25) is 0 Å². The minimum Gasteiger partial charge on any atom is -0.386 e. The molecule has 5 N–H and O–H groups in total. The number of aromatic nitrogens is 3. The number of urea groups is 1. The van der Waals surface area contributed by atoms with Gasteiger partial charge in [-0.3, -0.25) is 4.79 Å². The van der Waals surface area contributed by atoms with Crippen LogP contribution in [-0.4, -0.2) is 50.8 Å². The molecule has 0 unspecified atom stereocenters. The van der Waals surface area contributed by atoms with Gasteiger partial charge >= 0.3 is 6.03 Å². The molecule has 0 atom stereocenters. The lowest BCUT2D eigenvalue weighted by molar-refractivity contribution is 0.0785. The topological polar surface area (TPSA) is 138 Å². The number of nitrogens with zero attached hydrogens (tertiary/aromatic N) is 4. The standard InChI is InChI=1S/C23H29N7O3/c1-14-12-19-26-18(27-21(31)15-4-6-16(7-5-15)23(2,3)33)13-20(30(19)28-14)29-10-8-17(9-11-29)25-22(24)32/h4-7,12-13,17,33H,8-11H2,1-3H3,(H3,24,25,32)(H,26,27,31). The number of carbonyl (C=O) groups excluding carboxylic acids is 2. The van der Waals surface area contributed by atoms with Gasteiger partial charge in [0.05, 0.1) is 11.3 Å². The molecule has 0 radical (unpaired) electrons. The van der Waals surface area contributed by atoms with Gasteiger partial charge in [-0.25, -0.2) is 9.78 Å². The minimum absolute atomic E-state index is 0.0430. The van der Waals surface area contributed by atoms with Crippen molar-refractivity contribution in [1.82, 2.24) is 19.9 Å². The molecule has 0 bridgehead atoms. The molecular formula is C23H29N7O3. The number of hydrogen-bond acceptors (Lipinski definition) is 6. The highest BCUT2D eigenvalue weighted by Gasteiger charge is 2.23. The van der Waals surface area contributed by atoms with Crippen LogP contribution in [0.5, 0.6) is 0 Å². The number of amides is 3. The van der Waals surface area contributed by atoms with Gasteiger partial charge in [0, 0.05) is 36.8 Å². The molecule has 1 aliphatic heterocycles. The SMILES string of the molecule is Cc1cc2nc(NC(=O)c3ccc(C(C)(C)O)cc3)cc(N3CCC(NC(N)=O)CC3)n2n1. The Balaban J connectivity index is 1.56. The molecule has 1 saturated heterocycles. The molecule has 1 aliphatic rings. The van der Waals surface area contributed by atoms with Crippen molar-refractivity contribution in [3.05, 3.63) is 53.2 Å². The summed E-state index contributed by atoms with van der Waals surface area (Å²) >= 11 is 0. The van der Waals surface area contributed by atoms with Crippen LogP contribution < -0.4 is 21.3 Å². The predicted octanol–water partition coefficient (Wildman–Crippen LogP) is 2.15. The van der Waals surface area contributed by atoms with Crippen LogP contribution >= 0.6 is 0 Å². The van der Waals surface area contributed by atoms with Crippen molar-refractivity contribution < 1.29 is 14.7 Å². The second-order valence-corrected chi connectivity index (χ2v) is 8.92. The molecule has 3 heterocycles. The fourth-order valence-corrected chi connectivity index (χ4v) is 4.03. The molecule has 2 aromatic heterocycles. The number of primary amides is 1. The summed E-state index contributed by atoms with van der Waals surface area (Å²) in [5.41, 5.74) is 6.92. The van der Waals surface area contributed by atoms with E-state index in [1.165, 1.54) is 0 Å². The number of piperidine rings is 1. The summed E-state index contributed by atoms with van der Waals surface area (Å²) in [5, 5.41) is 20.3. The third kappa shape index (κ3) is 5.06. The van der Waals surface area contributed by atoms with Crippen LogP contribution in [-0.2, 0) is 5.60 Å². The monoisotopic (exact) mass is 451 g/mol. The Kier molecular flexibility index (Phi) is 5.94. The van der Waals surface area contributed by atoms with Gasteiger partial charge in [0.1, 0.15) is 11.6 Å². The van der Waals surface area contributed by atoms with Gasteiger partial charge < -0.3 is 26.4 Å². The maximum atomic E-state index is 12.8. The van der Waals surface area contributed by atoms with E-state index >= 15 is 0 Å². The summed E-state index contributed by atoms with van der Waals surface area (Å²) in [6.45, 7) is 6.69. The molecule has 3 aromatic rings. The van der Waals surface area contributed by atoms with Gasteiger partial charge in [0.2, 0.25) is 0 Å². The van der Waals surface area contributed by atoms with Crippen LogP contribution in [0.3, 0.4) is 0 Å². The molecule has 1 aromatic carbocycles. The van der Waals surface area contributed by atoms with Gasteiger partial charge in [-0.05, 0) is 51.3 Å². The first-order valence-corrected chi connectivity index (χ1v) is 10.9. The number of aryl methyl sites for hydroxylation is 1. The first-order chi connectivity index (χ1) is 15.6. The Morgan fingerprint density at radius 1 is 1.15 bits per heavy atom. The minimum atomic E-state index is -0.975. The number of nitrogens with one attached hydrogen (secondary N) is 2. The highest BCUT2D eigenvalue weighted by Crippen LogP contribution is 2.25. The molecular weight excluding hydrogens is 422 g/mol. The van der Waals surface area contributed by atoms with Crippen LogP contribution in [0.15, 0.2) is 36.4 Å². The average molecular weight is 452 g/mol. The summed E-state index contributed by atoms with van der Waals surface area (Å²) in [6.07, 6.45) is 1.50. The van der Waals surface area contributed by atoms with E-state index in [9.17, 15) is 14.7 Å². The lowest BCUT2D eigenvalue weighted by Gasteiger charge is -2.33. The lowest BCUT2D eigenvalue weighted by Crippen LogP contribution is -2.46. The molecule has 33 heavy (non-hydrogen) atoms.